The van der Waals surface area contributed by atoms with E-state index >= 15 is 0 Å². The molecule has 0 saturated carbocycles. The zero-order valence-electron chi connectivity index (χ0n) is 13.9. The van der Waals surface area contributed by atoms with Crippen LogP contribution in [0.15, 0.2) is 49.2 Å². The summed E-state index contributed by atoms with van der Waals surface area (Å²) in [6, 6.07) is 6.04. The Balaban J connectivity index is 1.33. The molecular weight excluding hydrogens is 316 g/mol. The molecule has 4 rings (SSSR count). The highest BCUT2D eigenvalue weighted by Gasteiger charge is 2.22. The van der Waals surface area contributed by atoms with Gasteiger partial charge in [-0.2, -0.15) is 5.10 Å². The Morgan fingerprint density at radius 3 is 2.88 bits per heavy atom. The third-order valence-electron chi connectivity index (χ3n) is 4.58. The molecule has 1 saturated heterocycles. The molecule has 0 bridgehead atoms. The Bertz CT molecular complexity index is 854. The number of nitrogens with one attached hydrogen (secondary N) is 1. The summed E-state index contributed by atoms with van der Waals surface area (Å²) < 4.78 is 1.62. The molecule has 1 fully saturated rings. The molecule has 0 radical (unpaired) electrons. The summed E-state index contributed by atoms with van der Waals surface area (Å²) in [7, 11) is 0. The fourth-order valence-corrected chi connectivity index (χ4v) is 3.24. The first-order chi connectivity index (χ1) is 12.3. The first-order valence-corrected chi connectivity index (χ1v) is 8.50. The van der Waals surface area contributed by atoms with Gasteiger partial charge in [-0.05, 0) is 30.5 Å². The van der Waals surface area contributed by atoms with Crippen LogP contribution in [-0.2, 0) is 6.54 Å². The van der Waals surface area contributed by atoms with Crippen molar-refractivity contribution < 1.29 is 4.79 Å². The van der Waals surface area contributed by atoms with Crippen molar-refractivity contribution in [2.75, 3.05) is 13.1 Å². The molecule has 0 aromatic carbocycles. The van der Waals surface area contributed by atoms with Gasteiger partial charge in [0, 0.05) is 50.5 Å². The minimum absolute atomic E-state index is 0.0978. The number of likely N-dealkylation sites (tertiary alicyclic amines) is 1. The SMILES string of the molecule is O=C(NC1CCN(Cc2cccnc2)CC1)c1cnn2cccnc12. The van der Waals surface area contributed by atoms with E-state index in [1.54, 1.807) is 35.4 Å². The third-order valence-corrected chi connectivity index (χ3v) is 4.58. The van der Waals surface area contributed by atoms with Gasteiger partial charge in [-0.3, -0.25) is 14.7 Å². The summed E-state index contributed by atoms with van der Waals surface area (Å²) in [6.45, 7) is 2.84. The number of hydrogen-bond acceptors (Lipinski definition) is 5. The molecule has 1 N–H and O–H groups in total. The molecule has 1 aliphatic heterocycles. The number of piperidine rings is 1. The second-order valence-corrected chi connectivity index (χ2v) is 6.33. The lowest BCUT2D eigenvalue weighted by atomic mass is 10.0. The summed E-state index contributed by atoms with van der Waals surface area (Å²) in [6.07, 6.45) is 10.6. The van der Waals surface area contributed by atoms with Gasteiger partial charge in [-0.25, -0.2) is 9.50 Å². The highest BCUT2D eigenvalue weighted by atomic mass is 16.1. The van der Waals surface area contributed by atoms with Crippen molar-refractivity contribution in [3.63, 3.8) is 0 Å². The second-order valence-electron chi connectivity index (χ2n) is 6.33. The van der Waals surface area contributed by atoms with Crippen LogP contribution in [0, 0.1) is 0 Å². The zero-order valence-corrected chi connectivity index (χ0v) is 13.9. The number of rotatable bonds is 4. The molecule has 25 heavy (non-hydrogen) atoms. The molecule has 0 aliphatic carbocycles. The Kier molecular flexibility index (Phi) is 4.39. The van der Waals surface area contributed by atoms with Gasteiger partial charge in [-0.1, -0.05) is 6.07 Å². The van der Waals surface area contributed by atoms with Crippen molar-refractivity contribution in [3.8, 4) is 0 Å². The predicted molar refractivity (Wildman–Crippen MR) is 93.0 cm³/mol. The van der Waals surface area contributed by atoms with E-state index in [-0.39, 0.29) is 11.9 Å². The van der Waals surface area contributed by atoms with E-state index in [0.717, 1.165) is 32.5 Å². The smallest absolute Gasteiger partial charge is 0.256 e. The van der Waals surface area contributed by atoms with Crippen molar-refractivity contribution in [3.05, 3.63) is 60.3 Å². The summed E-state index contributed by atoms with van der Waals surface area (Å²) in [4.78, 5) is 23.3. The number of pyridine rings is 1. The number of fused-ring (bicyclic) bond motifs is 1. The molecule has 1 aliphatic rings. The van der Waals surface area contributed by atoms with Crippen LogP contribution < -0.4 is 5.32 Å². The van der Waals surface area contributed by atoms with Crippen molar-refractivity contribution >= 4 is 11.6 Å². The van der Waals surface area contributed by atoms with Gasteiger partial charge in [-0.15, -0.1) is 0 Å². The van der Waals surface area contributed by atoms with E-state index in [2.05, 4.69) is 31.3 Å². The quantitative estimate of drug-likeness (QED) is 0.782. The predicted octanol–water partition coefficient (Wildman–Crippen LogP) is 1.52. The maximum atomic E-state index is 12.5. The van der Waals surface area contributed by atoms with Gasteiger partial charge < -0.3 is 5.32 Å². The maximum Gasteiger partial charge on any atom is 0.256 e. The molecule has 0 unspecified atom stereocenters. The van der Waals surface area contributed by atoms with E-state index in [9.17, 15) is 4.79 Å². The van der Waals surface area contributed by atoms with Crippen molar-refractivity contribution in [1.82, 2.24) is 29.8 Å². The summed E-state index contributed by atoms with van der Waals surface area (Å²) in [5.41, 5.74) is 2.34. The van der Waals surface area contributed by atoms with Gasteiger partial charge in [0.05, 0.1) is 6.20 Å². The first-order valence-electron chi connectivity index (χ1n) is 8.50. The van der Waals surface area contributed by atoms with Gasteiger partial charge >= 0.3 is 0 Å². The van der Waals surface area contributed by atoms with Crippen LogP contribution in [-0.4, -0.2) is 49.5 Å². The number of aromatic nitrogens is 4. The number of nitrogens with zero attached hydrogens (tertiary/aromatic N) is 5. The molecule has 3 aromatic rings. The van der Waals surface area contributed by atoms with E-state index < -0.39 is 0 Å². The van der Waals surface area contributed by atoms with Gasteiger partial charge in [0.25, 0.3) is 5.91 Å². The summed E-state index contributed by atoms with van der Waals surface area (Å²) in [5, 5.41) is 7.30. The summed E-state index contributed by atoms with van der Waals surface area (Å²) >= 11 is 0. The summed E-state index contributed by atoms with van der Waals surface area (Å²) in [5.74, 6) is -0.0978. The second kappa shape index (κ2) is 6.98. The molecule has 7 heteroatoms. The van der Waals surface area contributed by atoms with Gasteiger partial charge in [0.2, 0.25) is 0 Å². The standard InChI is InChI=1S/C18H20N6O/c25-18(16-12-21-24-8-2-7-20-17(16)24)22-15-4-9-23(10-5-15)13-14-3-1-6-19-11-14/h1-3,6-8,11-12,15H,4-5,9-10,13H2,(H,22,25). The van der Waals surface area contributed by atoms with Crippen LogP contribution in [0.2, 0.25) is 0 Å². The van der Waals surface area contributed by atoms with Crippen molar-refractivity contribution in [1.29, 1.82) is 0 Å². The molecule has 0 spiro atoms. The topological polar surface area (TPSA) is 75.4 Å². The fraction of sp³-hybridized carbons (Fsp3) is 0.333. The monoisotopic (exact) mass is 336 g/mol. The lowest BCUT2D eigenvalue weighted by Gasteiger charge is -2.32. The van der Waals surface area contributed by atoms with E-state index in [1.165, 1.54) is 5.56 Å². The fourth-order valence-electron chi connectivity index (χ4n) is 3.24. The Morgan fingerprint density at radius 2 is 2.08 bits per heavy atom. The maximum absolute atomic E-state index is 12.5. The van der Waals surface area contributed by atoms with E-state index in [4.69, 9.17) is 0 Å². The third kappa shape index (κ3) is 3.51. The number of amides is 1. The minimum atomic E-state index is -0.0978. The van der Waals surface area contributed by atoms with Crippen molar-refractivity contribution in [2.24, 2.45) is 0 Å². The Labute approximate surface area is 145 Å². The number of carbonyl (C=O) groups is 1. The van der Waals surface area contributed by atoms with Crippen LogP contribution in [0.4, 0.5) is 0 Å². The molecule has 0 atom stereocenters. The number of carbonyl (C=O) groups excluding carboxylic acids is 1. The zero-order chi connectivity index (χ0) is 17.1. The van der Waals surface area contributed by atoms with E-state index in [1.807, 2.05) is 12.3 Å². The van der Waals surface area contributed by atoms with Crippen LogP contribution in [0.1, 0.15) is 28.8 Å². The molecular formula is C18H20N6O. The molecule has 1 amide bonds. The normalized spacial score (nSPS) is 16.2. The van der Waals surface area contributed by atoms with Crippen LogP contribution in [0.25, 0.3) is 5.65 Å². The molecule has 7 nitrogen and oxygen atoms in total. The highest BCUT2D eigenvalue weighted by Crippen LogP contribution is 2.15. The highest BCUT2D eigenvalue weighted by molar-refractivity contribution is 5.99. The van der Waals surface area contributed by atoms with Gasteiger partial charge in [0.15, 0.2) is 5.65 Å². The average Bonchev–Trinajstić information content (AvgIpc) is 3.08. The van der Waals surface area contributed by atoms with E-state index in [0.29, 0.717) is 11.2 Å². The first kappa shape index (κ1) is 15.7. The van der Waals surface area contributed by atoms with Crippen molar-refractivity contribution in [2.45, 2.75) is 25.4 Å². The van der Waals surface area contributed by atoms with Crippen LogP contribution >= 0.6 is 0 Å². The van der Waals surface area contributed by atoms with Gasteiger partial charge in [0.1, 0.15) is 5.56 Å². The Morgan fingerprint density at radius 1 is 1.20 bits per heavy atom. The van der Waals surface area contributed by atoms with Crippen LogP contribution in [0.5, 0.6) is 0 Å². The lowest BCUT2D eigenvalue weighted by Crippen LogP contribution is -2.44. The number of hydrogen-bond donors (Lipinski definition) is 1. The minimum Gasteiger partial charge on any atom is -0.349 e. The average molecular weight is 336 g/mol. The molecule has 4 heterocycles. The Hall–Kier alpha value is -2.80. The molecule has 3 aromatic heterocycles. The van der Waals surface area contributed by atoms with Crippen LogP contribution in [0.3, 0.4) is 0 Å². The lowest BCUT2D eigenvalue weighted by molar-refractivity contribution is 0.0910. The largest absolute Gasteiger partial charge is 0.349 e. The molecule has 128 valence electrons.